The molecule has 0 radical (unpaired) electrons. The van der Waals surface area contributed by atoms with Crippen LogP contribution in [0.4, 0.5) is 10.5 Å². The second-order valence-electron chi connectivity index (χ2n) is 12.8. The third-order valence-electron chi connectivity index (χ3n) is 7.61. The van der Waals surface area contributed by atoms with Crippen LogP contribution >= 0.6 is 0 Å². The number of anilines is 1. The van der Waals surface area contributed by atoms with Crippen LogP contribution in [0.3, 0.4) is 0 Å². The van der Waals surface area contributed by atoms with Gasteiger partial charge in [0.15, 0.2) is 0 Å². The first-order valence-electron chi connectivity index (χ1n) is 15.9. The van der Waals surface area contributed by atoms with Crippen molar-refractivity contribution < 1.29 is 23.8 Å². The van der Waals surface area contributed by atoms with Crippen molar-refractivity contribution in [2.45, 2.75) is 58.7 Å². The van der Waals surface area contributed by atoms with E-state index in [0.717, 1.165) is 53.2 Å². The predicted octanol–water partition coefficient (Wildman–Crippen LogP) is 6.01. The number of ether oxygens (including phenoxy) is 3. The van der Waals surface area contributed by atoms with Crippen LogP contribution in [0.25, 0.3) is 16.8 Å². The average molecular weight is 641 g/mol. The molecule has 0 aliphatic carbocycles. The molecule has 1 saturated heterocycles. The molecule has 2 aromatic heterocycles. The number of aromatic nitrogens is 3. The molecule has 11 nitrogen and oxygen atoms in total. The zero-order valence-corrected chi connectivity index (χ0v) is 27.8. The molecule has 1 aliphatic heterocycles. The van der Waals surface area contributed by atoms with E-state index in [9.17, 15) is 9.59 Å². The van der Waals surface area contributed by atoms with Crippen molar-refractivity contribution >= 4 is 17.7 Å². The van der Waals surface area contributed by atoms with Gasteiger partial charge in [-0.05, 0) is 106 Å². The zero-order valence-electron chi connectivity index (χ0n) is 27.8. The van der Waals surface area contributed by atoms with Crippen molar-refractivity contribution in [2.75, 3.05) is 38.7 Å². The van der Waals surface area contributed by atoms with Gasteiger partial charge in [-0.25, -0.2) is 9.78 Å². The standard InChI is InChI=1S/C36H44N6O5/c1-25-21-42(24-38-25)31-18-26(22-41-14-6-7-29(23-41)40-35(44)47-36(2,3)4)17-30(20-31)39-34(43)33-19-28(12-13-37-33)27-8-10-32(11-9-27)46-16-15-45-5/h8-13,17-21,24,29H,6-7,14-16,22-23H2,1-5H3,(H,39,43)(H,40,44)/t29-/m0/s1. The molecule has 0 unspecified atom stereocenters. The van der Waals surface area contributed by atoms with Crippen molar-refractivity contribution in [3.63, 3.8) is 0 Å². The SMILES string of the molecule is COCCOc1ccc(-c2ccnc(C(=O)Nc3cc(CN4CCC[C@H](NC(=O)OC(C)(C)C)C4)cc(-n4cnc(C)c4)c3)c2)cc1. The number of nitrogens with zero attached hydrogens (tertiary/aromatic N) is 4. The van der Waals surface area contributed by atoms with Crippen LogP contribution in [-0.4, -0.2) is 76.5 Å². The molecule has 2 amide bonds. The lowest BCUT2D eigenvalue weighted by atomic mass is 10.0. The van der Waals surface area contributed by atoms with Crippen LogP contribution in [0.2, 0.25) is 0 Å². The number of nitrogens with one attached hydrogen (secondary N) is 2. The predicted molar refractivity (Wildman–Crippen MR) is 181 cm³/mol. The molecule has 4 aromatic rings. The maximum atomic E-state index is 13.5. The van der Waals surface area contributed by atoms with Crippen molar-refractivity contribution in [1.29, 1.82) is 0 Å². The van der Waals surface area contributed by atoms with Crippen molar-refractivity contribution in [3.8, 4) is 22.6 Å². The second-order valence-corrected chi connectivity index (χ2v) is 12.8. The molecule has 1 atom stereocenters. The van der Waals surface area contributed by atoms with Gasteiger partial charge in [-0.3, -0.25) is 14.7 Å². The number of carbonyl (C=O) groups is 2. The number of imidazole rings is 1. The molecule has 1 aliphatic rings. The van der Waals surface area contributed by atoms with Gasteiger partial charge >= 0.3 is 6.09 Å². The first-order chi connectivity index (χ1) is 22.5. The normalized spacial score (nSPS) is 15.2. The van der Waals surface area contributed by atoms with Crippen LogP contribution in [0.15, 0.2) is 73.3 Å². The van der Waals surface area contributed by atoms with Crippen LogP contribution in [0, 0.1) is 6.92 Å². The van der Waals surface area contributed by atoms with Gasteiger partial charge in [0.1, 0.15) is 23.7 Å². The van der Waals surface area contributed by atoms with Gasteiger partial charge in [-0.2, -0.15) is 0 Å². The van der Waals surface area contributed by atoms with Gasteiger partial charge in [-0.15, -0.1) is 0 Å². The Balaban J connectivity index is 1.31. The molecule has 2 aromatic carbocycles. The van der Waals surface area contributed by atoms with Crippen molar-refractivity contribution in [3.05, 3.63) is 90.3 Å². The number of likely N-dealkylation sites (tertiary alicyclic amines) is 1. The summed E-state index contributed by atoms with van der Waals surface area (Å²) in [5.41, 5.74) is 5.03. The fourth-order valence-corrected chi connectivity index (χ4v) is 5.51. The number of aryl methyl sites for hydroxylation is 1. The highest BCUT2D eigenvalue weighted by Gasteiger charge is 2.24. The van der Waals surface area contributed by atoms with Crippen molar-refractivity contribution in [1.82, 2.24) is 24.8 Å². The molecular weight excluding hydrogens is 596 g/mol. The molecule has 2 N–H and O–H groups in total. The van der Waals surface area contributed by atoms with E-state index < -0.39 is 11.7 Å². The minimum Gasteiger partial charge on any atom is -0.491 e. The molecule has 0 bridgehead atoms. The summed E-state index contributed by atoms with van der Waals surface area (Å²) < 4.78 is 18.1. The van der Waals surface area contributed by atoms with Gasteiger partial charge in [-0.1, -0.05) is 12.1 Å². The van der Waals surface area contributed by atoms with E-state index in [2.05, 4.69) is 31.6 Å². The lowest BCUT2D eigenvalue weighted by Crippen LogP contribution is -2.48. The molecule has 5 rings (SSSR count). The largest absolute Gasteiger partial charge is 0.491 e. The molecule has 0 spiro atoms. The molecule has 248 valence electrons. The highest BCUT2D eigenvalue weighted by Crippen LogP contribution is 2.25. The Hall–Kier alpha value is -4.74. The highest BCUT2D eigenvalue weighted by atomic mass is 16.6. The Morgan fingerprint density at radius 2 is 1.81 bits per heavy atom. The van der Waals surface area contributed by atoms with Gasteiger partial charge in [0.05, 0.1) is 18.6 Å². The quantitative estimate of drug-likeness (QED) is 0.191. The number of amides is 2. The second kappa shape index (κ2) is 15.2. The van der Waals surface area contributed by atoms with E-state index in [0.29, 0.717) is 37.7 Å². The summed E-state index contributed by atoms with van der Waals surface area (Å²) in [6.07, 6.45) is 6.81. The Bertz CT molecular complexity index is 1660. The van der Waals surface area contributed by atoms with E-state index in [-0.39, 0.29) is 11.9 Å². The number of alkyl carbamates (subject to hydrolysis) is 1. The number of piperidine rings is 1. The molecule has 0 saturated carbocycles. The van der Waals surface area contributed by atoms with Gasteiger partial charge in [0.2, 0.25) is 0 Å². The van der Waals surface area contributed by atoms with Gasteiger partial charge in [0, 0.05) is 50.0 Å². The Labute approximate surface area is 276 Å². The Morgan fingerprint density at radius 3 is 2.53 bits per heavy atom. The van der Waals surface area contributed by atoms with Crippen LogP contribution in [0.5, 0.6) is 5.75 Å². The van der Waals surface area contributed by atoms with Gasteiger partial charge < -0.3 is 29.4 Å². The molecule has 11 heteroatoms. The molecule has 1 fully saturated rings. The topological polar surface area (TPSA) is 120 Å². The minimum absolute atomic E-state index is 0.00464. The van der Waals surface area contributed by atoms with Crippen LogP contribution < -0.4 is 15.4 Å². The maximum Gasteiger partial charge on any atom is 0.407 e. The summed E-state index contributed by atoms with van der Waals surface area (Å²) in [5.74, 6) is 0.442. The van der Waals surface area contributed by atoms with E-state index in [1.807, 2.05) is 80.9 Å². The Kier molecular flexibility index (Phi) is 10.9. The summed E-state index contributed by atoms with van der Waals surface area (Å²) in [7, 11) is 1.64. The minimum atomic E-state index is -0.548. The number of benzene rings is 2. The number of hydrogen-bond acceptors (Lipinski definition) is 8. The third-order valence-corrected chi connectivity index (χ3v) is 7.61. The summed E-state index contributed by atoms with van der Waals surface area (Å²) in [4.78, 5) is 37.0. The first-order valence-corrected chi connectivity index (χ1v) is 15.9. The molecule has 47 heavy (non-hydrogen) atoms. The number of pyridine rings is 1. The fourth-order valence-electron chi connectivity index (χ4n) is 5.51. The number of hydrogen-bond donors (Lipinski definition) is 2. The molecular formula is C36H44N6O5. The number of rotatable bonds is 11. The fraction of sp³-hybridized carbons (Fsp3) is 0.389. The van der Waals surface area contributed by atoms with Gasteiger partial charge in [0.25, 0.3) is 5.91 Å². The molecule has 3 heterocycles. The maximum absolute atomic E-state index is 13.5. The lowest BCUT2D eigenvalue weighted by molar-refractivity contribution is 0.0470. The number of carbonyl (C=O) groups excluding carboxylic acids is 2. The third kappa shape index (κ3) is 9.87. The van der Waals surface area contributed by atoms with E-state index in [4.69, 9.17) is 14.2 Å². The summed E-state index contributed by atoms with van der Waals surface area (Å²) >= 11 is 0. The van der Waals surface area contributed by atoms with E-state index in [1.54, 1.807) is 25.7 Å². The van der Waals surface area contributed by atoms with E-state index >= 15 is 0 Å². The zero-order chi connectivity index (χ0) is 33.4. The summed E-state index contributed by atoms with van der Waals surface area (Å²) in [6.45, 7) is 10.8. The number of methoxy groups -OCH3 is 1. The van der Waals surface area contributed by atoms with Crippen LogP contribution in [-0.2, 0) is 16.0 Å². The van der Waals surface area contributed by atoms with Crippen LogP contribution in [0.1, 0.15) is 55.4 Å². The lowest BCUT2D eigenvalue weighted by Gasteiger charge is -2.33. The first kappa shape index (κ1) is 33.6. The van der Waals surface area contributed by atoms with E-state index in [1.165, 1.54) is 0 Å². The smallest absolute Gasteiger partial charge is 0.407 e. The Morgan fingerprint density at radius 1 is 1.00 bits per heavy atom. The average Bonchev–Trinajstić information content (AvgIpc) is 3.47. The summed E-state index contributed by atoms with van der Waals surface area (Å²) in [5, 5.41) is 6.09. The monoisotopic (exact) mass is 640 g/mol. The summed E-state index contributed by atoms with van der Waals surface area (Å²) in [6, 6.07) is 17.4. The highest BCUT2D eigenvalue weighted by molar-refractivity contribution is 6.03. The van der Waals surface area contributed by atoms with Crippen molar-refractivity contribution in [2.24, 2.45) is 0 Å².